The van der Waals surface area contributed by atoms with Crippen LogP contribution in [-0.2, 0) is 4.79 Å². The average Bonchev–Trinajstić information content (AvgIpc) is 2.45. The molecule has 2 aromatic rings. The topological polar surface area (TPSA) is 46.2 Å². The molecule has 0 aliphatic carbocycles. The van der Waals surface area contributed by atoms with E-state index in [0.717, 1.165) is 10.0 Å². The Morgan fingerprint density at radius 1 is 1.10 bits per heavy atom. The highest BCUT2D eigenvalue weighted by atomic mass is 79.9. The first kappa shape index (κ1) is 15.2. The van der Waals surface area contributed by atoms with Gasteiger partial charge in [0.1, 0.15) is 0 Å². The lowest BCUT2D eigenvalue weighted by Crippen LogP contribution is -2.11. The van der Waals surface area contributed by atoms with Gasteiger partial charge >= 0.3 is 0 Å². The number of amides is 1. The number of carbonyl (C=O) groups excluding carboxylic acids is 2. The van der Waals surface area contributed by atoms with E-state index in [1.54, 1.807) is 30.3 Å². The molecule has 0 aliphatic heterocycles. The molecule has 2 aromatic carbocycles. The molecule has 0 heterocycles. The molecule has 0 spiro atoms. The van der Waals surface area contributed by atoms with Gasteiger partial charge in [0.25, 0.3) is 0 Å². The van der Waals surface area contributed by atoms with Gasteiger partial charge in [0.05, 0.1) is 5.69 Å². The third-order valence-electron chi connectivity index (χ3n) is 2.84. The molecule has 0 saturated carbocycles. The number of hydrogen-bond acceptors (Lipinski definition) is 2. The number of benzene rings is 2. The van der Waals surface area contributed by atoms with Crippen LogP contribution in [-0.4, -0.2) is 11.7 Å². The maximum Gasteiger partial charge on any atom is 0.248 e. The summed E-state index contributed by atoms with van der Waals surface area (Å²) in [5.74, 6) is -0.356. The normalized spacial score (nSPS) is 10.6. The standard InChI is InChI=1S/C17H14BrNO2/c1-12(20)15-7-2-3-8-16(15)19-17(21)10-9-13-5-4-6-14(18)11-13/h2-11H,1H3,(H,19,21)/b10-9+. The van der Waals surface area contributed by atoms with Gasteiger partial charge in [-0.15, -0.1) is 0 Å². The molecule has 106 valence electrons. The Hall–Kier alpha value is -2.20. The average molecular weight is 344 g/mol. The van der Waals surface area contributed by atoms with Crippen molar-refractivity contribution < 1.29 is 9.59 Å². The van der Waals surface area contributed by atoms with Crippen LogP contribution in [0.4, 0.5) is 5.69 Å². The van der Waals surface area contributed by atoms with Gasteiger partial charge in [-0.2, -0.15) is 0 Å². The van der Waals surface area contributed by atoms with Crippen molar-refractivity contribution in [2.24, 2.45) is 0 Å². The molecule has 0 unspecified atom stereocenters. The number of anilines is 1. The number of Topliss-reactive ketones (excluding diaryl/α,β-unsaturated/α-hetero) is 1. The Morgan fingerprint density at radius 2 is 1.86 bits per heavy atom. The van der Waals surface area contributed by atoms with Crippen LogP contribution in [0.25, 0.3) is 6.08 Å². The van der Waals surface area contributed by atoms with Crippen molar-refractivity contribution in [1.29, 1.82) is 0 Å². The first-order valence-corrected chi connectivity index (χ1v) is 7.20. The zero-order valence-corrected chi connectivity index (χ0v) is 13.1. The molecule has 0 atom stereocenters. The summed E-state index contributed by atoms with van der Waals surface area (Å²) in [6.07, 6.45) is 3.16. The summed E-state index contributed by atoms with van der Waals surface area (Å²) in [6.45, 7) is 1.47. The molecule has 0 aliphatic rings. The zero-order valence-electron chi connectivity index (χ0n) is 11.5. The lowest BCUT2D eigenvalue weighted by molar-refractivity contribution is -0.111. The van der Waals surface area contributed by atoms with Crippen LogP contribution in [0.3, 0.4) is 0 Å². The predicted molar refractivity (Wildman–Crippen MR) is 88.3 cm³/mol. The number of halogens is 1. The van der Waals surface area contributed by atoms with Crippen molar-refractivity contribution in [1.82, 2.24) is 0 Å². The second-order valence-electron chi connectivity index (χ2n) is 4.48. The molecule has 4 heteroatoms. The van der Waals surface area contributed by atoms with Gasteiger partial charge in [0.15, 0.2) is 5.78 Å². The van der Waals surface area contributed by atoms with Crippen LogP contribution in [0.5, 0.6) is 0 Å². The number of nitrogens with one attached hydrogen (secondary N) is 1. The summed E-state index contributed by atoms with van der Waals surface area (Å²) in [6, 6.07) is 14.6. The lowest BCUT2D eigenvalue weighted by Gasteiger charge is -2.06. The van der Waals surface area contributed by atoms with Gasteiger partial charge in [-0.1, -0.05) is 40.2 Å². The third-order valence-corrected chi connectivity index (χ3v) is 3.33. The quantitative estimate of drug-likeness (QED) is 0.664. The minimum Gasteiger partial charge on any atom is -0.322 e. The van der Waals surface area contributed by atoms with Gasteiger partial charge in [-0.25, -0.2) is 0 Å². The Kier molecular flexibility index (Phi) is 5.06. The van der Waals surface area contributed by atoms with Crippen molar-refractivity contribution >= 4 is 39.4 Å². The van der Waals surface area contributed by atoms with Crippen LogP contribution in [0, 0.1) is 0 Å². The maximum atomic E-state index is 11.9. The molecule has 0 radical (unpaired) electrons. The molecule has 0 aromatic heterocycles. The summed E-state index contributed by atoms with van der Waals surface area (Å²) >= 11 is 3.38. The van der Waals surface area contributed by atoms with Gasteiger partial charge in [0.2, 0.25) is 5.91 Å². The van der Waals surface area contributed by atoms with E-state index in [9.17, 15) is 9.59 Å². The molecule has 3 nitrogen and oxygen atoms in total. The second kappa shape index (κ2) is 6.99. The van der Waals surface area contributed by atoms with Crippen LogP contribution in [0.1, 0.15) is 22.8 Å². The molecule has 1 N–H and O–H groups in total. The van der Waals surface area contributed by atoms with E-state index < -0.39 is 0 Å². The Morgan fingerprint density at radius 3 is 2.57 bits per heavy atom. The highest BCUT2D eigenvalue weighted by Gasteiger charge is 2.07. The van der Waals surface area contributed by atoms with Crippen molar-refractivity contribution in [2.75, 3.05) is 5.32 Å². The van der Waals surface area contributed by atoms with E-state index in [1.165, 1.54) is 13.0 Å². The van der Waals surface area contributed by atoms with E-state index in [2.05, 4.69) is 21.2 Å². The van der Waals surface area contributed by atoms with Crippen molar-refractivity contribution in [3.05, 3.63) is 70.2 Å². The number of para-hydroxylation sites is 1. The summed E-state index contributed by atoms with van der Waals surface area (Å²) in [5, 5.41) is 2.72. The highest BCUT2D eigenvalue weighted by molar-refractivity contribution is 9.10. The smallest absolute Gasteiger partial charge is 0.248 e. The predicted octanol–water partition coefficient (Wildman–Crippen LogP) is 4.30. The van der Waals surface area contributed by atoms with E-state index in [4.69, 9.17) is 0 Å². The summed E-state index contributed by atoms with van der Waals surface area (Å²) in [7, 11) is 0. The maximum absolute atomic E-state index is 11.9. The molecule has 0 saturated heterocycles. The monoisotopic (exact) mass is 343 g/mol. The van der Waals surface area contributed by atoms with Crippen LogP contribution in [0.15, 0.2) is 59.1 Å². The molecule has 0 bridgehead atoms. The molecule has 1 amide bonds. The lowest BCUT2D eigenvalue weighted by atomic mass is 10.1. The molecular formula is C17H14BrNO2. The molecule has 2 rings (SSSR count). The van der Waals surface area contributed by atoms with Crippen molar-refractivity contribution in [2.45, 2.75) is 6.92 Å². The molecule has 0 fully saturated rings. The minimum atomic E-state index is -0.274. The second-order valence-corrected chi connectivity index (χ2v) is 5.40. The molecular weight excluding hydrogens is 330 g/mol. The van der Waals surface area contributed by atoms with Crippen LogP contribution in [0.2, 0.25) is 0 Å². The van der Waals surface area contributed by atoms with Crippen molar-refractivity contribution in [3.8, 4) is 0 Å². The highest BCUT2D eigenvalue weighted by Crippen LogP contribution is 2.16. The third kappa shape index (κ3) is 4.39. The van der Waals surface area contributed by atoms with E-state index in [1.807, 2.05) is 24.3 Å². The fourth-order valence-electron chi connectivity index (χ4n) is 1.86. The van der Waals surface area contributed by atoms with E-state index in [-0.39, 0.29) is 11.7 Å². The van der Waals surface area contributed by atoms with E-state index in [0.29, 0.717) is 11.3 Å². The van der Waals surface area contributed by atoms with Crippen LogP contribution >= 0.6 is 15.9 Å². The number of hydrogen-bond donors (Lipinski definition) is 1. The first-order valence-electron chi connectivity index (χ1n) is 6.41. The van der Waals surface area contributed by atoms with Gasteiger partial charge in [-0.3, -0.25) is 9.59 Å². The summed E-state index contributed by atoms with van der Waals surface area (Å²) in [5.41, 5.74) is 1.94. The summed E-state index contributed by atoms with van der Waals surface area (Å²) in [4.78, 5) is 23.4. The van der Waals surface area contributed by atoms with Gasteiger partial charge < -0.3 is 5.32 Å². The van der Waals surface area contributed by atoms with Crippen molar-refractivity contribution in [3.63, 3.8) is 0 Å². The minimum absolute atomic E-state index is 0.0816. The Balaban J connectivity index is 2.10. The molecule has 21 heavy (non-hydrogen) atoms. The SMILES string of the molecule is CC(=O)c1ccccc1NC(=O)/C=C/c1cccc(Br)c1. The number of ketones is 1. The number of carbonyl (C=O) groups is 2. The summed E-state index contributed by atoms with van der Waals surface area (Å²) < 4.78 is 0.951. The zero-order chi connectivity index (χ0) is 15.2. The Labute approximate surface area is 131 Å². The van der Waals surface area contributed by atoms with Gasteiger partial charge in [0, 0.05) is 16.1 Å². The largest absolute Gasteiger partial charge is 0.322 e. The first-order chi connectivity index (χ1) is 10.1. The Bertz CT molecular complexity index is 707. The van der Waals surface area contributed by atoms with E-state index >= 15 is 0 Å². The number of rotatable bonds is 4. The van der Waals surface area contributed by atoms with Crippen LogP contribution < -0.4 is 5.32 Å². The fraction of sp³-hybridized carbons (Fsp3) is 0.0588. The van der Waals surface area contributed by atoms with Gasteiger partial charge in [-0.05, 0) is 42.8 Å². The fourth-order valence-corrected chi connectivity index (χ4v) is 2.27.